The number of nitrogens with zero attached hydrogens (tertiary/aromatic N) is 2. The molecule has 0 saturated carbocycles. The van der Waals surface area contributed by atoms with Crippen molar-refractivity contribution in [3.05, 3.63) is 59.9 Å². The minimum atomic E-state index is 0.0421. The third-order valence-corrected chi connectivity index (χ3v) is 5.09. The summed E-state index contributed by atoms with van der Waals surface area (Å²) in [6.07, 6.45) is 2.42. The molecular weight excluding hydrogens is 362 g/mol. The molecule has 1 amide bonds. The Hall–Kier alpha value is -2.82. The van der Waals surface area contributed by atoms with Gasteiger partial charge in [0.15, 0.2) is 0 Å². The molecule has 1 aromatic heterocycles. The number of rotatable bonds is 10. The van der Waals surface area contributed by atoms with Crippen LogP contribution in [0.25, 0.3) is 11.0 Å². The van der Waals surface area contributed by atoms with Gasteiger partial charge in [-0.05, 0) is 48.6 Å². The normalized spacial score (nSPS) is 11.2. The molecule has 0 aliphatic heterocycles. The number of unbranched alkanes of at least 4 members (excludes halogenated alkanes) is 1. The largest absolute Gasteiger partial charge is 0.494 e. The monoisotopic (exact) mass is 393 g/mol. The Kier molecular flexibility index (Phi) is 7.28. The molecule has 0 unspecified atom stereocenters. The van der Waals surface area contributed by atoms with Gasteiger partial charge in [-0.3, -0.25) is 4.79 Å². The van der Waals surface area contributed by atoms with Crippen molar-refractivity contribution in [3.8, 4) is 5.75 Å². The van der Waals surface area contributed by atoms with Crippen LogP contribution < -0.4 is 10.1 Å². The summed E-state index contributed by atoms with van der Waals surface area (Å²) < 4.78 is 8.10. The predicted octanol–water partition coefficient (Wildman–Crippen LogP) is 5.05. The minimum Gasteiger partial charge on any atom is -0.494 e. The topological polar surface area (TPSA) is 56.2 Å². The number of carbonyl (C=O) groups excluding carboxylic acids is 1. The number of benzene rings is 2. The van der Waals surface area contributed by atoms with Gasteiger partial charge in [0, 0.05) is 13.0 Å². The van der Waals surface area contributed by atoms with E-state index in [-0.39, 0.29) is 5.91 Å². The van der Waals surface area contributed by atoms with E-state index >= 15 is 0 Å². The van der Waals surface area contributed by atoms with Crippen LogP contribution in [-0.2, 0) is 17.9 Å². The summed E-state index contributed by atoms with van der Waals surface area (Å²) in [5, 5.41) is 2.94. The highest BCUT2D eigenvalue weighted by molar-refractivity contribution is 5.77. The van der Waals surface area contributed by atoms with Crippen molar-refractivity contribution in [2.75, 3.05) is 6.61 Å². The van der Waals surface area contributed by atoms with E-state index in [1.807, 2.05) is 37.3 Å². The Labute approximate surface area is 173 Å². The molecule has 29 heavy (non-hydrogen) atoms. The molecule has 1 N–H and O–H groups in total. The quantitative estimate of drug-likeness (QED) is 0.491. The van der Waals surface area contributed by atoms with E-state index in [2.05, 4.69) is 41.9 Å². The number of nitrogens with one attached hydrogen (secondary N) is 1. The molecule has 0 saturated heterocycles. The lowest BCUT2D eigenvalue weighted by molar-refractivity contribution is -0.120. The third kappa shape index (κ3) is 5.59. The van der Waals surface area contributed by atoms with Crippen molar-refractivity contribution in [1.29, 1.82) is 0 Å². The molecule has 0 bridgehead atoms. The zero-order valence-corrected chi connectivity index (χ0v) is 17.6. The molecule has 0 radical (unpaired) electrons. The summed E-state index contributed by atoms with van der Waals surface area (Å²) in [6, 6.07) is 16.5. The fraction of sp³-hybridized carbons (Fsp3) is 0.417. The van der Waals surface area contributed by atoms with Crippen molar-refractivity contribution in [1.82, 2.24) is 14.9 Å². The second kappa shape index (κ2) is 10.1. The molecule has 0 fully saturated rings. The van der Waals surface area contributed by atoms with Crippen molar-refractivity contribution >= 4 is 16.9 Å². The van der Waals surface area contributed by atoms with Crippen LogP contribution in [0.1, 0.15) is 57.3 Å². The van der Waals surface area contributed by atoms with E-state index < -0.39 is 0 Å². The summed E-state index contributed by atoms with van der Waals surface area (Å²) >= 11 is 0. The highest BCUT2D eigenvalue weighted by atomic mass is 16.5. The van der Waals surface area contributed by atoms with Gasteiger partial charge >= 0.3 is 0 Å². The van der Waals surface area contributed by atoms with Gasteiger partial charge in [0.2, 0.25) is 5.91 Å². The van der Waals surface area contributed by atoms with Crippen LogP contribution in [0.15, 0.2) is 48.5 Å². The van der Waals surface area contributed by atoms with E-state index in [4.69, 9.17) is 9.72 Å². The molecule has 5 heteroatoms. The lowest BCUT2D eigenvalue weighted by Gasteiger charge is -2.11. The number of ether oxygens (including phenoxy) is 1. The maximum atomic E-state index is 11.6. The van der Waals surface area contributed by atoms with Gasteiger partial charge in [-0.1, -0.05) is 45.0 Å². The van der Waals surface area contributed by atoms with E-state index in [1.54, 1.807) is 0 Å². The molecule has 3 rings (SSSR count). The van der Waals surface area contributed by atoms with Crippen molar-refractivity contribution in [3.63, 3.8) is 0 Å². The number of imidazole rings is 1. The Morgan fingerprint density at radius 1 is 1.10 bits per heavy atom. The highest BCUT2D eigenvalue weighted by Gasteiger charge is 2.11. The van der Waals surface area contributed by atoms with Gasteiger partial charge in [-0.2, -0.15) is 0 Å². The average molecular weight is 394 g/mol. The van der Waals surface area contributed by atoms with E-state index in [9.17, 15) is 4.79 Å². The summed E-state index contributed by atoms with van der Waals surface area (Å²) in [4.78, 5) is 16.3. The first-order chi connectivity index (χ1) is 14.1. The maximum absolute atomic E-state index is 11.6. The summed E-state index contributed by atoms with van der Waals surface area (Å²) in [7, 11) is 0. The van der Waals surface area contributed by atoms with Crippen LogP contribution in [0.5, 0.6) is 5.75 Å². The zero-order chi connectivity index (χ0) is 20.6. The third-order valence-electron chi connectivity index (χ3n) is 5.09. The molecular formula is C24H31N3O2. The smallest absolute Gasteiger partial charge is 0.220 e. The standard InChI is InChI=1S/C24H31N3O2/c1-4-24(28)25-17-23-26-21-9-5-6-10-22(21)27(23)15-7-8-16-29-20-13-11-19(12-14-20)18(2)3/h5-6,9-14,18H,4,7-8,15-17H2,1-3H3,(H,25,28). The molecule has 154 valence electrons. The van der Waals surface area contributed by atoms with Crippen molar-refractivity contribution < 1.29 is 9.53 Å². The van der Waals surface area contributed by atoms with Gasteiger partial charge in [0.05, 0.1) is 24.2 Å². The number of hydrogen-bond donors (Lipinski definition) is 1. The Bertz CT molecular complexity index is 929. The van der Waals surface area contributed by atoms with Crippen LogP contribution in [-0.4, -0.2) is 22.1 Å². The number of para-hydroxylation sites is 2. The Morgan fingerprint density at radius 2 is 1.86 bits per heavy atom. The number of amides is 1. The maximum Gasteiger partial charge on any atom is 0.220 e. The van der Waals surface area contributed by atoms with Gasteiger partial charge in [0.1, 0.15) is 11.6 Å². The second-order valence-electron chi connectivity index (χ2n) is 7.58. The number of aromatic nitrogens is 2. The van der Waals surface area contributed by atoms with E-state index in [1.165, 1.54) is 5.56 Å². The molecule has 0 aliphatic carbocycles. The molecule has 3 aromatic rings. The summed E-state index contributed by atoms with van der Waals surface area (Å²) in [6.45, 7) is 8.24. The SMILES string of the molecule is CCC(=O)NCc1nc2ccccc2n1CCCCOc1ccc(C(C)C)cc1. The Morgan fingerprint density at radius 3 is 2.59 bits per heavy atom. The number of fused-ring (bicyclic) bond motifs is 1. The minimum absolute atomic E-state index is 0.0421. The first-order valence-corrected chi connectivity index (χ1v) is 10.5. The second-order valence-corrected chi connectivity index (χ2v) is 7.58. The fourth-order valence-electron chi connectivity index (χ4n) is 3.32. The van der Waals surface area contributed by atoms with E-state index in [0.29, 0.717) is 25.5 Å². The molecule has 1 heterocycles. The van der Waals surface area contributed by atoms with Crippen LogP contribution in [0.4, 0.5) is 0 Å². The molecule has 5 nitrogen and oxygen atoms in total. The summed E-state index contributed by atoms with van der Waals surface area (Å²) in [5.41, 5.74) is 3.40. The average Bonchev–Trinajstić information content (AvgIpc) is 3.09. The van der Waals surface area contributed by atoms with Crippen LogP contribution in [0, 0.1) is 0 Å². The van der Waals surface area contributed by atoms with Gasteiger partial charge in [-0.15, -0.1) is 0 Å². The van der Waals surface area contributed by atoms with E-state index in [0.717, 1.165) is 42.0 Å². The van der Waals surface area contributed by atoms with Gasteiger partial charge in [-0.25, -0.2) is 4.98 Å². The Balaban J connectivity index is 1.54. The van der Waals surface area contributed by atoms with Gasteiger partial charge < -0.3 is 14.6 Å². The highest BCUT2D eigenvalue weighted by Crippen LogP contribution is 2.19. The fourth-order valence-corrected chi connectivity index (χ4v) is 3.32. The molecule has 0 spiro atoms. The number of hydrogen-bond acceptors (Lipinski definition) is 3. The first kappa shape index (κ1) is 20.9. The molecule has 2 aromatic carbocycles. The lowest BCUT2D eigenvalue weighted by Crippen LogP contribution is -2.23. The van der Waals surface area contributed by atoms with Crippen molar-refractivity contribution in [2.45, 2.75) is 59.0 Å². The van der Waals surface area contributed by atoms with Crippen LogP contribution >= 0.6 is 0 Å². The van der Waals surface area contributed by atoms with Crippen LogP contribution in [0.2, 0.25) is 0 Å². The summed E-state index contributed by atoms with van der Waals surface area (Å²) in [5.74, 6) is 2.40. The first-order valence-electron chi connectivity index (χ1n) is 10.5. The lowest BCUT2D eigenvalue weighted by atomic mass is 10.0. The molecule has 0 aliphatic rings. The number of aryl methyl sites for hydroxylation is 1. The van der Waals surface area contributed by atoms with Gasteiger partial charge in [0.25, 0.3) is 0 Å². The zero-order valence-electron chi connectivity index (χ0n) is 17.6. The van der Waals surface area contributed by atoms with Crippen molar-refractivity contribution in [2.24, 2.45) is 0 Å². The number of carbonyl (C=O) groups is 1. The van der Waals surface area contributed by atoms with Crippen LogP contribution in [0.3, 0.4) is 0 Å². The predicted molar refractivity (Wildman–Crippen MR) is 117 cm³/mol. The molecule has 0 atom stereocenters.